The van der Waals surface area contributed by atoms with Crippen molar-refractivity contribution in [3.05, 3.63) is 136 Å². The molecule has 3 aliphatic carbocycles. The average molecular weight is 799 g/mol. The Morgan fingerprint density at radius 1 is 0.560 bits per heavy atom. The molecule has 0 spiro atoms. The van der Waals surface area contributed by atoms with E-state index in [0.29, 0.717) is 0 Å². The molecule has 0 heterocycles. The van der Waals surface area contributed by atoms with E-state index in [4.69, 9.17) is 17.0 Å². The third-order valence-electron chi connectivity index (χ3n) is 11.3. The van der Waals surface area contributed by atoms with E-state index in [0.717, 1.165) is 7.37 Å². The summed E-state index contributed by atoms with van der Waals surface area (Å²) in [5, 5.41) is 0. The summed E-state index contributed by atoms with van der Waals surface area (Å²) in [6.07, 6.45) is 14.3. The van der Waals surface area contributed by atoms with Crippen LogP contribution in [0.2, 0.25) is 0 Å². The molecule has 0 bridgehead atoms. The first kappa shape index (κ1) is 37.8. The molecular formula is C46H56Cl2SiZr. The first-order valence-corrected chi connectivity index (χ1v) is 36.3. The molecule has 0 N–H and O–H groups in total. The van der Waals surface area contributed by atoms with Crippen LogP contribution < -0.4 is 0 Å². The summed E-state index contributed by atoms with van der Waals surface area (Å²) in [5.74, 6) is 0. The standard InChI is InChI=1S/2C20H21.C6H11.2ClH.H3Si.Zr/c2*1-14-12-16-6-5-7-18(19(16)13-14)15-8-10-17(11-9-15)20(2,3)4;1-2-4-6-5-3-1;;;;/h2*5-13H,1-4H3;1H,2-6H2;2*1H;1H3;/q;;;;;;+2/p-2. The molecule has 2 unspecified atom stereocenters. The topological polar surface area (TPSA) is 0 Å². The average Bonchev–Trinajstić information content (AvgIpc) is 3.62. The van der Waals surface area contributed by atoms with E-state index in [1.807, 2.05) is 0 Å². The van der Waals surface area contributed by atoms with Gasteiger partial charge in [-0.2, -0.15) is 0 Å². The Kier molecular flexibility index (Phi) is 10.7. The van der Waals surface area contributed by atoms with Gasteiger partial charge in [0.1, 0.15) is 0 Å². The fourth-order valence-electron chi connectivity index (χ4n) is 8.76. The summed E-state index contributed by atoms with van der Waals surface area (Å²) >= 11 is -4.52. The van der Waals surface area contributed by atoms with Crippen molar-refractivity contribution in [1.82, 2.24) is 0 Å². The van der Waals surface area contributed by atoms with Crippen molar-refractivity contribution in [3.8, 4) is 22.3 Å². The molecule has 3 aliphatic rings. The monoisotopic (exact) mass is 796 g/mol. The number of rotatable bonds is 4. The van der Waals surface area contributed by atoms with Gasteiger partial charge in [-0.05, 0) is 6.42 Å². The summed E-state index contributed by atoms with van der Waals surface area (Å²) in [6, 6.07) is 31.7. The number of hydrogen-bond acceptors (Lipinski definition) is 0. The zero-order chi connectivity index (χ0) is 36.1. The van der Waals surface area contributed by atoms with Crippen LogP contribution >= 0.6 is 17.0 Å². The van der Waals surface area contributed by atoms with Crippen molar-refractivity contribution in [3.63, 3.8) is 0 Å². The van der Waals surface area contributed by atoms with Crippen LogP contribution in [0, 0.1) is 6.42 Å². The van der Waals surface area contributed by atoms with Gasteiger partial charge < -0.3 is 0 Å². The van der Waals surface area contributed by atoms with Gasteiger partial charge in [0.15, 0.2) is 0 Å². The summed E-state index contributed by atoms with van der Waals surface area (Å²) in [6.45, 7) is 18.1. The molecule has 7 rings (SSSR count). The van der Waals surface area contributed by atoms with E-state index in [2.05, 4.69) is 159 Å². The fraction of sp³-hybridized carbons (Fsp3) is 0.370. The van der Waals surface area contributed by atoms with E-state index in [1.165, 1.54) is 98.9 Å². The Morgan fingerprint density at radius 2 is 0.940 bits per heavy atom. The summed E-state index contributed by atoms with van der Waals surface area (Å²) in [4.78, 5) is 0. The van der Waals surface area contributed by atoms with Crippen LogP contribution in [-0.2, 0) is 26.4 Å². The van der Waals surface area contributed by atoms with Gasteiger partial charge in [-0.1, -0.05) is 32.1 Å². The smallest absolute Gasteiger partial charge is 0.0386 e. The molecule has 262 valence electrons. The molecule has 0 amide bonds. The van der Waals surface area contributed by atoms with Gasteiger partial charge in [-0.25, -0.2) is 0 Å². The maximum absolute atomic E-state index is 8.14. The van der Waals surface area contributed by atoms with Crippen molar-refractivity contribution in [2.45, 2.75) is 106 Å². The molecule has 1 radical (unpaired) electrons. The van der Waals surface area contributed by atoms with Crippen LogP contribution in [0.15, 0.2) is 96.1 Å². The third kappa shape index (κ3) is 7.44. The Bertz CT molecular complexity index is 1780. The minimum Gasteiger partial charge on any atom is -0.0533 e. The normalized spacial score (nSPS) is 19.8. The van der Waals surface area contributed by atoms with Gasteiger partial charge in [-0.3, -0.25) is 0 Å². The quantitative estimate of drug-likeness (QED) is 0.180. The van der Waals surface area contributed by atoms with E-state index in [-0.39, 0.29) is 18.1 Å². The van der Waals surface area contributed by atoms with Crippen molar-refractivity contribution >= 4 is 36.5 Å². The molecule has 2 atom stereocenters. The fourth-order valence-corrected chi connectivity index (χ4v) is 35.9. The predicted octanol–water partition coefficient (Wildman–Crippen LogP) is 13.7. The van der Waals surface area contributed by atoms with Crippen molar-refractivity contribution in [1.29, 1.82) is 0 Å². The second kappa shape index (κ2) is 14.1. The van der Waals surface area contributed by atoms with Gasteiger partial charge in [0, 0.05) is 0 Å². The van der Waals surface area contributed by atoms with E-state index < -0.39 is 15.6 Å². The van der Waals surface area contributed by atoms with Crippen LogP contribution in [-0.4, -0.2) is 7.37 Å². The zero-order valence-corrected chi connectivity index (χ0v) is 37.7. The number of allylic oxidation sites excluding steroid dienone is 2. The maximum Gasteiger partial charge on any atom is -0.0386 e. The predicted molar refractivity (Wildman–Crippen MR) is 223 cm³/mol. The Hall–Kier alpha value is -1.96. The molecule has 50 heavy (non-hydrogen) atoms. The summed E-state index contributed by atoms with van der Waals surface area (Å²) in [7, 11) is 17.1. The second-order valence-electron chi connectivity index (χ2n) is 17.5. The van der Waals surface area contributed by atoms with Gasteiger partial charge in [0.25, 0.3) is 0 Å². The number of fused-ring (bicyclic) bond motifs is 2. The number of benzene rings is 4. The maximum atomic E-state index is 8.14. The first-order valence-electron chi connectivity index (χ1n) is 18.7. The van der Waals surface area contributed by atoms with Crippen LogP contribution in [0.4, 0.5) is 0 Å². The molecule has 4 aromatic carbocycles. The van der Waals surface area contributed by atoms with Crippen LogP contribution in [0.25, 0.3) is 34.4 Å². The second-order valence-corrected chi connectivity index (χ2v) is 61.6. The molecule has 4 heteroatoms. The Morgan fingerprint density at radius 3 is 1.24 bits per heavy atom. The van der Waals surface area contributed by atoms with E-state index in [1.54, 1.807) is 0 Å². The molecular weight excluding hydrogens is 743 g/mol. The molecule has 0 aromatic heterocycles. The third-order valence-corrected chi connectivity index (χ3v) is 33.7. The van der Waals surface area contributed by atoms with Gasteiger partial charge in [0.2, 0.25) is 0 Å². The van der Waals surface area contributed by atoms with Crippen LogP contribution in [0.1, 0.15) is 128 Å². The molecule has 0 aliphatic heterocycles. The van der Waals surface area contributed by atoms with Gasteiger partial charge >= 0.3 is 277 Å². The van der Waals surface area contributed by atoms with Crippen molar-refractivity contribution in [2.24, 2.45) is 0 Å². The summed E-state index contributed by atoms with van der Waals surface area (Å²) in [5.41, 5.74) is 15.8. The minimum atomic E-state index is -4.52. The molecule has 1 saturated carbocycles. The van der Waals surface area contributed by atoms with Gasteiger partial charge in [-0.15, -0.1) is 0 Å². The Labute approximate surface area is 313 Å². The van der Waals surface area contributed by atoms with Crippen molar-refractivity contribution < 1.29 is 15.6 Å². The number of halogens is 2. The van der Waals surface area contributed by atoms with Crippen LogP contribution in [0.3, 0.4) is 0 Å². The zero-order valence-electron chi connectivity index (χ0n) is 31.8. The SMILES string of the molecule is CC1=Cc2c(-c3ccc(C(C)(C)C)cc3)cccc2[CH]1[Zr]([SiH3])([Cl])([Cl])[CH]1C(C)=Cc2c(-c3ccc(C(C)(C)C)cc3)cccc21.[CH]1CCCCC1. The van der Waals surface area contributed by atoms with E-state index in [9.17, 15) is 0 Å². The largest absolute Gasteiger partial charge is 0.0533 e. The van der Waals surface area contributed by atoms with Gasteiger partial charge in [0.05, 0.1) is 0 Å². The Balaban J connectivity index is 0.000000652. The molecule has 1 fully saturated rings. The molecule has 4 aromatic rings. The first-order chi connectivity index (χ1) is 23.5. The van der Waals surface area contributed by atoms with E-state index >= 15 is 0 Å². The molecule has 0 nitrogen and oxygen atoms in total. The van der Waals surface area contributed by atoms with Crippen LogP contribution in [0.5, 0.6) is 0 Å². The van der Waals surface area contributed by atoms with Crippen molar-refractivity contribution in [2.75, 3.05) is 0 Å². The summed E-state index contributed by atoms with van der Waals surface area (Å²) < 4.78 is 0.202. The molecule has 0 saturated heterocycles. The number of hydrogen-bond donors (Lipinski definition) is 0. The minimum absolute atomic E-state index is 0.101.